The molecule has 15 nitrogen and oxygen atoms in total. The number of aliphatic hydroxyl groups is 7. The van der Waals surface area contributed by atoms with Gasteiger partial charge in [0.2, 0.25) is 0 Å². The van der Waals surface area contributed by atoms with Gasteiger partial charge in [-0.2, -0.15) is 0 Å². The van der Waals surface area contributed by atoms with Crippen LogP contribution < -0.4 is 0 Å². The van der Waals surface area contributed by atoms with Crippen LogP contribution in [0.3, 0.4) is 0 Å². The number of hydrogen-bond donors (Lipinski definition) is 7. The van der Waals surface area contributed by atoms with Gasteiger partial charge in [0.1, 0.15) is 55.4 Å². The van der Waals surface area contributed by atoms with Gasteiger partial charge in [0.25, 0.3) is 0 Å². The molecule has 0 aromatic carbocycles. The molecule has 2 heterocycles. The van der Waals surface area contributed by atoms with Crippen molar-refractivity contribution in [3.63, 3.8) is 0 Å². The molecule has 2 aliphatic heterocycles. The van der Waals surface area contributed by atoms with Gasteiger partial charge in [-0.3, -0.25) is 9.59 Å². The smallest absolute Gasteiger partial charge is 0.306 e. The normalized spacial score (nSPS) is 27.9. The van der Waals surface area contributed by atoms with Crippen molar-refractivity contribution < 1.29 is 73.8 Å². The minimum atomic E-state index is -1.76. The molecule has 4 unspecified atom stereocenters. The zero-order chi connectivity index (χ0) is 43.3. The molecule has 0 saturated carbocycles. The van der Waals surface area contributed by atoms with E-state index in [4.69, 9.17) is 28.4 Å². The highest BCUT2D eigenvalue weighted by Gasteiger charge is 2.47. The molecule has 2 aliphatic rings. The standard InChI is InChI=1S/C44H80O15/c1-3-5-7-9-11-13-15-17-19-21-23-25-27-36(47)57-32(29-54-35(46)26-24-22-20-18-16-14-12-10-8-6-4-2)30-55-43-42(53)40(51)38(49)34(59-43)31-56-44-41(52)39(50)37(48)33(28-45)58-44/h10,12,32-34,37-45,48-53H,3-9,11,13-31H2,1-2H3/b12-10+/t32-,33-,34-,37+,38+,39?,40?,41?,42?,43-,44-/m1/s1. The van der Waals surface area contributed by atoms with E-state index in [0.717, 1.165) is 57.8 Å². The van der Waals surface area contributed by atoms with Crippen LogP contribution in [-0.2, 0) is 38.0 Å². The molecule has 7 N–H and O–H groups in total. The average Bonchev–Trinajstić information content (AvgIpc) is 3.23. The van der Waals surface area contributed by atoms with Crippen molar-refractivity contribution in [2.75, 3.05) is 26.4 Å². The van der Waals surface area contributed by atoms with Crippen LogP contribution in [0.5, 0.6) is 0 Å². The summed E-state index contributed by atoms with van der Waals surface area (Å²) in [6.07, 6.45) is 11.2. The van der Waals surface area contributed by atoms with Crippen LogP contribution >= 0.6 is 0 Å². The molecule has 0 aliphatic carbocycles. The maximum Gasteiger partial charge on any atom is 0.306 e. The van der Waals surface area contributed by atoms with Crippen molar-refractivity contribution in [1.82, 2.24) is 0 Å². The second-order valence-corrected chi connectivity index (χ2v) is 16.2. The second-order valence-electron chi connectivity index (χ2n) is 16.2. The Morgan fingerprint density at radius 3 is 1.54 bits per heavy atom. The zero-order valence-corrected chi connectivity index (χ0v) is 36.0. The summed E-state index contributed by atoms with van der Waals surface area (Å²) in [5, 5.41) is 71.8. The molecule has 0 radical (unpaired) electrons. The number of carbonyl (C=O) groups excluding carboxylic acids is 2. The number of carbonyl (C=O) groups is 2. The zero-order valence-electron chi connectivity index (χ0n) is 36.0. The SMILES string of the molecule is CCCC/C=C/CCCCCCCC(=O)OC[C@H](CO[C@@H]1O[C@H](CO[C@@H]2O[C@H](CO)[C@H](O)C(O)C2O)[C@H](O)C(O)C1O)OC(=O)CCCCCCCCCCCCCC. The molecule has 346 valence electrons. The van der Waals surface area contributed by atoms with E-state index in [0.29, 0.717) is 12.8 Å². The van der Waals surface area contributed by atoms with E-state index in [2.05, 4.69) is 26.0 Å². The van der Waals surface area contributed by atoms with Crippen LogP contribution in [-0.4, -0.2) is 142 Å². The number of aliphatic hydroxyl groups excluding tert-OH is 7. The van der Waals surface area contributed by atoms with Gasteiger partial charge >= 0.3 is 11.9 Å². The van der Waals surface area contributed by atoms with E-state index in [1.807, 2.05) is 0 Å². The summed E-state index contributed by atoms with van der Waals surface area (Å²) in [7, 11) is 0. The quantitative estimate of drug-likeness (QED) is 0.0266. The lowest BCUT2D eigenvalue weighted by Crippen LogP contribution is -2.61. The van der Waals surface area contributed by atoms with Crippen molar-refractivity contribution in [3.05, 3.63) is 12.2 Å². The van der Waals surface area contributed by atoms with Gasteiger partial charge in [0.05, 0.1) is 19.8 Å². The highest BCUT2D eigenvalue weighted by Crippen LogP contribution is 2.26. The first-order chi connectivity index (χ1) is 28.5. The minimum Gasteiger partial charge on any atom is -0.462 e. The lowest BCUT2D eigenvalue weighted by Gasteiger charge is -2.42. The van der Waals surface area contributed by atoms with E-state index >= 15 is 0 Å². The molecule has 0 bridgehead atoms. The number of allylic oxidation sites excluding steroid dienone is 2. The minimum absolute atomic E-state index is 0.168. The first-order valence-corrected chi connectivity index (χ1v) is 22.8. The Morgan fingerprint density at radius 1 is 0.525 bits per heavy atom. The number of esters is 2. The molecule has 15 heteroatoms. The van der Waals surface area contributed by atoms with E-state index in [9.17, 15) is 45.3 Å². The fraction of sp³-hybridized carbons (Fsp3) is 0.909. The molecule has 2 fully saturated rings. The molecule has 11 atom stereocenters. The Kier molecular flexibility index (Phi) is 29.8. The topological polar surface area (TPSA) is 231 Å². The van der Waals surface area contributed by atoms with Crippen LogP contribution in [0.1, 0.15) is 162 Å². The maximum absolute atomic E-state index is 12.9. The number of rotatable bonds is 34. The molecule has 0 aromatic heterocycles. The molecule has 0 spiro atoms. The summed E-state index contributed by atoms with van der Waals surface area (Å²) in [4.78, 5) is 25.6. The third-order valence-corrected chi connectivity index (χ3v) is 11.0. The molecule has 0 amide bonds. The van der Waals surface area contributed by atoms with Crippen LogP contribution in [0.15, 0.2) is 12.2 Å². The summed E-state index contributed by atoms with van der Waals surface area (Å²) in [5.41, 5.74) is 0. The first-order valence-electron chi connectivity index (χ1n) is 22.8. The van der Waals surface area contributed by atoms with Gasteiger partial charge < -0.3 is 64.2 Å². The third-order valence-electron chi connectivity index (χ3n) is 11.0. The Hall–Kier alpha value is -1.76. The van der Waals surface area contributed by atoms with Gasteiger partial charge in [0.15, 0.2) is 18.7 Å². The Morgan fingerprint density at radius 2 is 0.983 bits per heavy atom. The van der Waals surface area contributed by atoms with Crippen molar-refractivity contribution >= 4 is 11.9 Å². The summed E-state index contributed by atoms with van der Waals surface area (Å²) in [6.45, 7) is 2.52. The van der Waals surface area contributed by atoms with E-state index in [1.54, 1.807) is 0 Å². The molecular weight excluding hydrogens is 768 g/mol. The predicted octanol–water partition coefficient (Wildman–Crippen LogP) is 4.65. The Labute approximate surface area is 352 Å². The predicted molar refractivity (Wildman–Crippen MR) is 220 cm³/mol. The van der Waals surface area contributed by atoms with Gasteiger partial charge in [-0.25, -0.2) is 0 Å². The fourth-order valence-corrected chi connectivity index (χ4v) is 7.14. The lowest BCUT2D eigenvalue weighted by molar-refractivity contribution is -0.332. The number of ether oxygens (including phenoxy) is 6. The highest BCUT2D eigenvalue weighted by atomic mass is 16.7. The van der Waals surface area contributed by atoms with Crippen LogP contribution in [0.4, 0.5) is 0 Å². The summed E-state index contributed by atoms with van der Waals surface area (Å²) >= 11 is 0. The Balaban J connectivity index is 1.86. The maximum atomic E-state index is 12.9. The molecule has 59 heavy (non-hydrogen) atoms. The first kappa shape index (κ1) is 53.4. The van der Waals surface area contributed by atoms with E-state index < -0.39 is 92.7 Å². The third kappa shape index (κ3) is 22.2. The Bertz CT molecular complexity index is 1090. The van der Waals surface area contributed by atoms with E-state index in [1.165, 1.54) is 64.2 Å². The molecule has 2 rings (SSSR count). The summed E-state index contributed by atoms with van der Waals surface area (Å²) < 4.78 is 33.4. The van der Waals surface area contributed by atoms with Gasteiger partial charge in [-0.1, -0.05) is 129 Å². The average molecular weight is 849 g/mol. The van der Waals surface area contributed by atoms with Gasteiger partial charge in [0, 0.05) is 12.8 Å². The van der Waals surface area contributed by atoms with Crippen molar-refractivity contribution in [2.24, 2.45) is 0 Å². The van der Waals surface area contributed by atoms with E-state index in [-0.39, 0.29) is 26.1 Å². The van der Waals surface area contributed by atoms with Crippen molar-refractivity contribution in [1.29, 1.82) is 0 Å². The molecular formula is C44H80O15. The monoisotopic (exact) mass is 849 g/mol. The lowest BCUT2D eigenvalue weighted by atomic mass is 9.98. The summed E-state index contributed by atoms with van der Waals surface area (Å²) in [5.74, 6) is -0.933. The van der Waals surface area contributed by atoms with Gasteiger partial charge in [-0.15, -0.1) is 0 Å². The highest BCUT2D eigenvalue weighted by molar-refractivity contribution is 5.70. The number of hydrogen-bond acceptors (Lipinski definition) is 15. The van der Waals surface area contributed by atoms with Crippen LogP contribution in [0.2, 0.25) is 0 Å². The fourth-order valence-electron chi connectivity index (χ4n) is 7.14. The summed E-state index contributed by atoms with van der Waals surface area (Å²) in [6, 6.07) is 0. The van der Waals surface area contributed by atoms with Gasteiger partial charge in [-0.05, 0) is 32.1 Å². The number of unbranched alkanes of at least 4 members (excludes halogenated alkanes) is 18. The van der Waals surface area contributed by atoms with Crippen molar-refractivity contribution in [2.45, 2.75) is 229 Å². The largest absolute Gasteiger partial charge is 0.462 e. The van der Waals surface area contributed by atoms with Crippen LogP contribution in [0, 0.1) is 0 Å². The second kappa shape index (κ2) is 32.9. The van der Waals surface area contributed by atoms with Crippen LogP contribution in [0.25, 0.3) is 0 Å². The molecule has 2 saturated heterocycles. The van der Waals surface area contributed by atoms with Crippen molar-refractivity contribution in [3.8, 4) is 0 Å². The molecule has 0 aromatic rings.